The second-order valence-electron chi connectivity index (χ2n) is 7.60. The summed E-state index contributed by atoms with van der Waals surface area (Å²) in [5, 5.41) is 19.5. The van der Waals surface area contributed by atoms with E-state index in [4.69, 9.17) is 11.6 Å². The van der Waals surface area contributed by atoms with Crippen LogP contribution in [0.2, 0.25) is 5.02 Å². The monoisotopic (exact) mass is 367 g/mol. The Kier molecular flexibility index (Phi) is 6.30. The average Bonchev–Trinajstić information content (AvgIpc) is 2.53. The molecule has 1 aromatic carbocycles. The number of nitrogens with zero attached hydrogens (tertiary/aromatic N) is 2. The number of rotatable bonds is 3. The number of benzene rings is 1. The summed E-state index contributed by atoms with van der Waals surface area (Å²) < 4.78 is 0. The number of carbonyl (C=O) groups is 1. The molecule has 1 aliphatic rings. The summed E-state index contributed by atoms with van der Waals surface area (Å²) in [4.78, 5) is 17.5. The van der Waals surface area contributed by atoms with E-state index in [0.29, 0.717) is 29.5 Å². The maximum absolute atomic E-state index is 11.5. The van der Waals surface area contributed by atoms with E-state index in [1.54, 1.807) is 18.2 Å². The molecule has 7 heteroatoms. The van der Waals surface area contributed by atoms with Crippen LogP contribution in [0.15, 0.2) is 29.3 Å². The predicted octanol–water partition coefficient (Wildman–Crippen LogP) is 4.54. The van der Waals surface area contributed by atoms with Gasteiger partial charge in [-0.05, 0) is 42.4 Å². The molecular formula is C18H26ClN3O3. The number of halogens is 1. The lowest BCUT2D eigenvalue weighted by atomic mass is 9.76. The van der Waals surface area contributed by atoms with Crippen molar-refractivity contribution in [3.05, 3.63) is 29.3 Å². The Morgan fingerprint density at radius 2 is 2.16 bits per heavy atom. The highest BCUT2D eigenvalue weighted by Gasteiger charge is 2.38. The fourth-order valence-electron chi connectivity index (χ4n) is 3.36. The van der Waals surface area contributed by atoms with Gasteiger partial charge in [0.25, 0.3) is 0 Å². The van der Waals surface area contributed by atoms with E-state index in [9.17, 15) is 15.1 Å². The molecule has 0 aromatic heterocycles. The van der Waals surface area contributed by atoms with Gasteiger partial charge in [0.1, 0.15) is 5.84 Å². The molecule has 0 aliphatic carbocycles. The van der Waals surface area contributed by atoms with E-state index in [1.807, 2.05) is 6.07 Å². The number of hydrogen-bond donors (Lipinski definition) is 3. The molecule has 0 saturated carbocycles. The standard InChI is InChI=1S/C18H26ClN3O3/c1-18(2,3)15-9-12(7-8-22(15)17(23)24)10-16(21-25)20-14-6-4-5-13(19)11-14/h4-6,11-12,15,25H,7-10H2,1-3H3,(H,20,21)(H,23,24). The molecule has 2 unspecified atom stereocenters. The Bertz CT molecular complexity index is 643. The number of hydrogen-bond acceptors (Lipinski definition) is 3. The first kappa shape index (κ1) is 19.5. The molecule has 2 atom stereocenters. The molecule has 2 rings (SSSR count). The van der Waals surface area contributed by atoms with Gasteiger partial charge in [-0.25, -0.2) is 9.79 Å². The zero-order valence-corrected chi connectivity index (χ0v) is 15.6. The zero-order valence-electron chi connectivity index (χ0n) is 14.9. The minimum atomic E-state index is -0.869. The van der Waals surface area contributed by atoms with Crippen LogP contribution in [-0.4, -0.2) is 39.7 Å². The quantitative estimate of drug-likeness (QED) is 0.416. The van der Waals surface area contributed by atoms with Crippen molar-refractivity contribution in [3.8, 4) is 0 Å². The van der Waals surface area contributed by atoms with Gasteiger partial charge < -0.3 is 10.0 Å². The maximum Gasteiger partial charge on any atom is 0.407 e. The summed E-state index contributed by atoms with van der Waals surface area (Å²) in [6.45, 7) is 6.67. The number of aliphatic imine (C=N–C) groups is 1. The maximum atomic E-state index is 11.5. The van der Waals surface area contributed by atoms with Gasteiger partial charge in [0, 0.05) is 24.0 Å². The van der Waals surface area contributed by atoms with E-state index >= 15 is 0 Å². The lowest BCUT2D eigenvalue weighted by molar-refractivity contribution is 0.0414. The largest absolute Gasteiger partial charge is 0.465 e. The first-order chi connectivity index (χ1) is 11.7. The highest BCUT2D eigenvalue weighted by atomic mass is 35.5. The smallest absolute Gasteiger partial charge is 0.407 e. The Morgan fingerprint density at radius 1 is 1.44 bits per heavy atom. The van der Waals surface area contributed by atoms with Crippen LogP contribution in [0.3, 0.4) is 0 Å². The third-order valence-electron chi connectivity index (χ3n) is 4.64. The van der Waals surface area contributed by atoms with Crippen molar-refractivity contribution in [2.75, 3.05) is 6.54 Å². The Morgan fingerprint density at radius 3 is 2.72 bits per heavy atom. The SMILES string of the molecule is CC(C)(C)C1CC(CC(=Nc2cccc(Cl)c2)NO)CCN1C(=O)O. The summed E-state index contributed by atoms with van der Waals surface area (Å²) in [5.74, 6) is 0.709. The van der Waals surface area contributed by atoms with Gasteiger partial charge in [0.2, 0.25) is 0 Å². The molecule has 1 fully saturated rings. The summed E-state index contributed by atoms with van der Waals surface area (Å²) in [6, 6.07) is 7.05. The van der Waals surface area contributed by atoms with Crippen LogP contribution >= 0.6 is 11.6 Å². The van der Waals surface area contributed by atoms with Gasteiger partial charge in [0.05, 0.1) is 5.69 Å². The molecule has 1 saturated heterocycles. The Labute approximate surface area is 153 Å². The van der Waals surface area contributed by atoms with E-state index in [2.05, 4.69) is 31.2 Å². The third-order valence-corrected chi connectivity index (χ3v) is 4.87. The van der Waals surface area contributed by atoms with Crippen LogP contribution in [0.25, 0.3) is 0 Å². The van der Waals surface area contributed by atoms with Crippen molar-refractivity contribution in [2.45, 2.75) is 46.1 Å². The fraction of sp³-hybridized carbons (Fsp3) is 0.556. The van der Waals surface area contributed by atoms with Gasteiger partial charge in [-0.2, -0.15) is 0 Å². The van der Waals surface area contributed by atoms with Gasteiger partial charge in [-0.15, -0.1) is 0 Å². The van der Waals surface area contributed by atoms with Gasteiger partial charge >= 0.3 is 6.09 Å². The molecule has 1 aliphatic heterocycles. The van der Waals surface area contributed by atoms with Crippen molar-refractivity contribution in [3.63, 3.8) is 0 Å². The minimum Gasteiger partial charge on any atom is -0.465 e. The molecule has 0 bridgehead atoms. The third kappa shape index (κ3) is 5.34. The van der Waals surface area contributed by atoms with Gasteiger partial charge in [-0.1, -0.05) is 38.4 Å². The van der Waals surface area contributed by atoms with Crippen LogP contribution in [0.5, 0.6) is 0 Å². The number of amides is 1. The molecule has 1 amide bonds. The van der Waals surface area contributed by atoms with Crippen LogP contribution in [0, 0.1) is 11.3 Å². The zero-order chi connectivity index (χ0) is 18.6. The van der Waals surface area contributed by atoms with E-state index in [0.717, 1.165) is 12.8 Å². The second-order valence-corrected chi connectivity index (χ2v) is 8.04. The molecule has 1 aromatic rings. The van der Waals surface area contributed by atoms with Crippen molar-refractivity contribution >= 4 is 29.2 Å². The molecule has 1 heterocycles. The molecule has 6 nitrogen and oxygen atoms in total. The number of carboxylic acid groups (broad SMARTS) is 1. The highest BCUT2D eigenvalue weighted by molar-refractivity contribution is 6.30. The van der Waals surface area contributed by atoms with E-state index in [1.165, 1.54) is 4.90 Å². The summed E-state index contributed by atoms with van der Waals surface area (Å²) in [6.07, 6.45) is 1.18. The average molecular weight is 368 g/mol. The number of nitrogens with one attached hydrogen (secondary N) is 1. The van der Waals surface area contributed by atoms with Crippen molar-refractivity contribution in [2.24, 2.45) is 16.3 Å². The first-order valence-electron chi connectivity index (χ1n) is 8.43. The second kappa shape index (κ2) is 8.06. The summed E-state index contributed by atoms with van der Waals surface area (Å²) >= 11 is 5.97. The highest BCUT2D eigenvalue weighted by Crippen LogP contribution is 2.36. The number of amidine groups is 1. The Balaban J connectivity index is 2.12. The Hall–Kier alpha value is -1.79. The predicted molar refractivity (Wildman–Crippen MR) is 98.8 cm³/mol. The number of hydroxylamine groups is 1. The molecule has 3 N–H and O–H groups in total. The van der Waals surface area contributed by atoms with Crippen molar-refractivity contribution < 1.29 is 15.1 Å². The minimum absolute atomic E-state index is 0.0603. The van der Waals surface area contributed by atoms with Crippen LogP contribution < -0.4 is 5.48 Å². The van der Waals surface area contributed by atoms with Crippen LogP contribution in [0.1, 0.15) is 40.0 Å². The lowest BCUT2D eigenvalue weighted by Gasteiger charge is -2.44. The number of piperidine rings is 1. The van der Waals surface area contributed by atoms with Crippen LogP contribution in [0.4, 0.5) is 10.5 Å². The van der Waals surface area contributed by atoms with Crippen LogP contribution in [-0.2, 0) is 0 Å². The molecule has 0 radical (unpaired) electrons. The van der Waals surface area contributed by atoms with Gasteiger partial charge in [-0.3, -0.25) is 10.7 Å². The van der Waals surface area contributed by atoms with Gasteiger partial charge in [0.15, 0.2) is 0 Å². The normalized spacial score (nSPS) is 22.0. The van der Waals surface area contributed by atoms with Crippen molar-refractivity contribution in [1.29, 1.82) is 0 Å². The topological polar surface area (TPSA) is 85.2 Å². The summed E-state index contributed by atoms with van der Waals surface area (Å²) in [5.41, 5.74) is 2.70. The van der Waals surface area contributed by atoms with Crippen molar-refractivity contribution in [1.82, 2.24) is 10.4 Å². The molecule has 25 heavy (non-hydrogen) atoms. The fourth-order valence-corrected chi connectivity index (χ4v) is 3.55. The molecule has 138 valence electrons. The molecule has 0 spiro atoms. The first-order valence-corrected chi connectivity index (χ1v) is 8.81. The molecular weight excluding hydrogens is 342 g/mol. The number of likely N-dealkylation sites (tertiary alicyclic amines) is 1. The van der Waals surface area contributed by atoms with E-state index in [-0.39, 0.29) is 17.4 Å². The van der Waals surface area contributed by atoms with E-state index < -0.39 is 6.09 Å². The summed E-state index contributed by atoms with van der Waals surface area (Å²) in [7, 11) is 0. The lowest BCUT2D eigenvalue weighted by Crippen LogP contribution is -2.52.